The van der Waals surface area contributed by atoms with Crippen LogP contribution in [0.4, 0.5) is 0 Å². The van der Waals surface area contributed by atoms with Crippen LogP contribution in [-0.4, -0.2) is 26.2 Å². The molecule has 0 radical (unpaired) electrons. The maximum atomic E-state index is 10.6. The molecule has 5 N–H and O–H groups in total. The van der Waals surface area contributed by atoms with Gasteiger partial charge in [0.25, 0.3) is 0 Å². The van der Waals surface area contributed by atoms with Crippen LogP contribution < -0.4 is 5.73 Å². The monoisotopic (exact) mass is 168 g/mol. The molecule has 1 unspecified atom stereocenters. The highest BCUT2D eigenvalue weighted by Crippen LogP contribution is 2.46. The van der Waals surface area contributed by atoms with E-state index in [4.69, 9.17) is 20.4 Å². The number of rotatable bonds is 3. The van der Waals surface area contributed by atoms with Crippen molar-refractivity contribution in [3.63, 3.8) is 0 Å². The molecule has 0 fully saturated rings. The number of carbonyl (C=O) groups excluding carboxylic acids is 1. The zero-order chi connectivity index (χ0) is 8.36. The van der Waals surface area contributed by atoms with Crippen molar-refractivity contribution in [2.24, 2.45) is 5.73 Å². The zero-order valence-electron chi connectivity index (χ0n) is 5.56. The van der Waals surface area contributed by atoms with Crippen LogP contribution in [-0.2, 0) is 4.79 Å². The lowest BCUT2D eigenvalue weighted by Crippen LogP contribution is -2.30. The molecule has 0 heterocycles. The fourth-order valence-electron chi connectivity index (χ4n) is 0.397. The summed E-state index contributed by atoms with van der Waals surface area (Å²) < 4.78 is 0. The summed E-state index contributed by atoms with van der Waals surface area (Å²) in [7, 11) is -4.34. The molecule has 0 saturated carbocycles. The van der Waals surface area contributed by atoms with Crippen LogP contribution in [0.15, 0.2) is 0 Å². The number of hydrogen-bond donors (Lipinski definition) is 4. The molecule has 0 saturated heterocycles. The summed E-state index contributed by atoms with van der Waals surface area (Å²) in [5.41, 5.74) is 4.03. The number of nitrogens with two attached hydrogens (primary N) is 1. The van der Waals surface area contributed by atoms with Crippen LogP contribution in [0.3, 0.4) is 0 Å². The summed E-state index contributed by atoms with van der Waals surface area (Å²) in [5, 5.41) is 0. The largest absolute Gasteiger partial charge is 0.480 e. The van der Waals surface area contributed by atoms with E-state index >= 15 is 0 Å². The summed E-state index contributed by atoms with van der Waals surface area (Å²) in [6.45, 7) is 1.61. The minimum atomic E-state index is -4.34. The standard InChI is InChI=1S/C4H11NO4P/c1-2-3(5)4(6)10(7,8)9/h3,7-9H,2,5H2,1H3/q+1. The predicted octanol–water partition coefficient (Wildman–Crippen LogP) is -1.01. The van der Waals surface area contributed by atoms with Gasteiger partial charge in [0.2, 0.25) is 0 Å². The molecule has 0 aliphatic rings. The SMILES string of the molecule is CCC(N)C(=O)[P+](O)(O)O. The van der Waals surface area contributed by atoms with Gasteiger partial charge in [-0.05, 0) is 6.42 Å². The normalized spacial score (nSPS) is 14.9. The van der Waals surface area contributed by atoms with E-state index in [1.165, 1.54) is 0 Å². The molecule has 0 aromatic carbocycles. The lowest BCUT2D eigenvalue weighted by atomic mass is 10.3. The molecule has 0 spiro atoms. The Bertz CT molecular complexity index is 132. The van der Waals surface area contributed by atoms with E-state index in [-0.39, 0.29) is 6.42 Å². The Morgan fingerprint density at radius 3 is 2.10 bits per heavy atom. The van der Waals surface area contributed by atoms with E-state index < -0.39 is 19.5 Å². The van der Waals surface area contributed by atoms with Crippen LogP contribution >= 0.6 is 7.94 Å². The summed E-state index contributed by atoms with van der Waals surface area (Å²) in [5.74, 6) is 0. The minimum Gasteiger partial charge on any atom is -0.318 e. The Morgan fingerprint density at radius 1 is 1.60 bits per heavy atom. The van der Waals surface area contributed by atoms with Crippen LogP contribution in [0.5, 0.6) is 0 Å². The number of carbonyl (C=O) groups is 1. The second-order valence-electron chi connectivity index (χ2n) is 1.92. The first kappa shape index (κ1) is 9.94. The van der Waals surface area contributed by atoms with Gasteiger partial charge in [0, 0.05) is 0 Å². The van der Waals surface area contributed by atoms with Crippen molar-refractivity contribution in [3.8, 4) is 0 Å². The van der Waals surface area contributed by atoms with Gasteiger partial charge in [-0.2, -0.15) is 14.7 Å². The summed E-state index contributed by atoms with van der Waals surface area (Å²) in [4.78, 5) is 35.7. The molecule has 60 valence electrons. The minimum absolute atomic E-state index is 0.280. The van der Waals surface area contributed by atoms with Crippen LogP contribution in [0.2, 0.25) is 0 Å². The van der Waals surface area contributed by atoms with E-state index in [1.807, 2.05) is 0 Å². The summed E-state index contributed by atoms with van der Waals surface area (Å²) in [6.07, 6.45) is 0.280. The average Bonchev–Trinajstić information content (AvgIpc) is 1.83. The predicted molar refractivity (Wildman–Crippen MR) is 36.8 cm³/mol. The first-order valence-corrected chi connectivity index (χ1v) is 4.41. The highest BCUT2D eigenvalue weighted by atomic mass is 31.2. The van der Waals surface area contributed by atoms with Crippen molar-refractivity contribution in [2.45, 2.75) is 19.4 Å². The van der Waals surface area contributed by atoms with Crippen LogP contribution in [0.1, 0.15) is 13.3 Å². The van der Waals surface area contributed by atoms with Crippen LogP contribution in [0.25, 0.3) is 0 Å². The van der Waals surface area contributed by atoms with Crippen molar-refractivity contribution < 1.29 is 19.5 Å². The Hall–Kier alpha value is -0.0600. The third kappa shape index (κ3) is 2.68. The molecular formula is C4H11NO4P+. The topological polar surface area (TPSA) is 104 Å². The molecule has 0 aromatic heterocycles. The lowest BCUT2D eigenvalue weighted by Gasteiger charge is -2.05. The highest BCUT2D eigenvalue weighted by Gasteiger charge is 2.45. The molecule has 0 rings (SSSR count). The molecule has 6 heteroatoms. The molecule has 5 nitrogen and oxygen atoms in total. The van der Waals surface area contributed by atoms with Gasteiger partial charge < -0.3 is 5.73 Å². The van der Waals surface area contributed by atoms with Gasteiger partial charge in [0.05, 0.1) is 0 Å². The molecule has 10 heavy (non-hydrogen) atoms. The zero-order valence-corrected chi connectivity index (χ0v) is 6.45. The summed E-state index contributed by atoms with van der Waals surface area (Å²) >= 11 is 0. The number of hydrogen-bond acceptors (Lipinski definition) is 5. The van der Waals surface area contributed by atoms with Crippen molar-refractivity contribution in [3.05, 3.63) is 0 Å². The molecular weight excluding hydrogens is 157 g/mol. The van der Waals surface area contributed by atoms with E-state index in [1.54, 1.807) is 6.92 Å². The molecule has 0 amide bonds. The Labute approximate surface area is 59.1 Å². The van der Waals surface area contributed by atoms with Gasteiger partial charge in [-0.15, -0.1) is 0 Å². The molecule has 0 aromatic rings. The Balaban J connectivity index is 4.09. The quantitative estimate of drug-likeness (QED) is 0.404. The maximum absolute atomic E-state index is 10.6. The van der Waals surface area contributed by atoms with Gasteiger partial charge in [-0.1, -0.05) is 6.92 Å². The van der Waals surface area contributed by atoms with E-state index in [0.29, 0.717) is 0 Å². The smallest absolute Gasteiger partial charge is 0.318 e. The molecule has 0 aliphatic heterocycles. The van der Waals surface area contributed by atoms with Crippen molar-refractivity contribution in [1.82, 2.24) is 0 Å². The van der Waals surface area contributed by atoms with Gasteiger partial charge in [-0.3, -0.25) is 0 Å². The fourth-order valence-corrected chi connectivity index (χ4v) is 1.02. The molecule has 0 aliphatic carbocycles. The van der Waals surface area contributed by atoms with Crippen molar-refractivity contribution >= 4 is 13.5 Å². The lowest BCUT2D eigenvalue weighted by molar-refractivity contribution is -0.115. The van der Waals surface area contributed by atoms with Crippen LogP contribution in [0, 0.1) is 0 Å². The molecule has 0 bridgehead atoms. The van der Waals surface area contributed by atoms with E-state index in [2.05, 4.69) is 0 Å². The fraction of sp³-hybridized carbons (Fsp3) is 0.750. The van der Waals surface area contributed by atoms with E-state index in [0.717, 1.165) is 0 Å². The maximum Gasteiger partial charge on any atom is 0.480 e. The second-order valence-corrected chi connectivity index (χ2v) is 3.50. The van der Waals surface area contributed by atoms with Gasteiger partial charge in [0.1, 0.15) is 6.04 Å². The second kappa shape index (κ2) is 3.37. The third-order valence-corrected chi connectivity index (χ3v) is 1.98. The molecule has 1 atom stereocenters. The van der Waals surface area contributed by atoms with Gasteiger partial charge in [0.15, 0.2) is 0 Å². The summed E-state index contributed by atoms with van der Waals surface area (Å²) in [6, 6.07) is -0.978. The van der Waals surface area contributed by atoms with Gasteiger partial charge >= 0.3 is 13.5 Å². The average molecular weight is 168 g/mol. The Morgan fingerprint density at radius 2 is 2.00 bits per heavy atom. The third-order valence-electron chi connectivity index (χ3n) is 1.05. The van der Waals surface area contributed by atoms with E-state index in [9.17, 15) is 4.79 Å². The Kier molecular flexibility index (Phi) is 3.35. The highest BCUT2D eigenvalue weighted by molar-refractivity contribution is 7.76. The van der Waals surface area contributed by atoms with Crippen molar-refractivity contribution in [1.29, 1.82) is 0 Å². The first-order chi connectivity index (χ1) is 4.39. The van der Waals surface area contributed by atoms with Gasteiger partial charge in [-0.25, -0.2) is 4.79 Å². The first-order valence-electron chi connectivity index (χ1n) is 2.77. The van der Waals surface area contributed by atoms with Crippen molar-refractivity contribution in [2.75, 3.05) is 0 Å².